The number of nitrogens with one attached hydrogen (secondary N) is 1. The van der Waals surface area contributed by atoms with Gasteiger partial charge >= 0.3 is 10.2 Å². The molecule has 1 unspecified atom stereocenters. The number of fused-ring (bicyclic) bond motifs is 1. The van der Waals surface area contributed by atoms with Gasteiger partial charge < -0.3 is 16.8 Å². The van der Waals surface area contributed by atoms with Gasteiger partial charge in [0.1, 0.15) is 28.9 Å². The van der Waals surface area contributed by atoms with Gasteiger partial charge in [-0.05, 0) is 30.5 Å². The van der Waals surface area contributed by atoms with Crippen molar-refractivity contribution in [1.82, 2.24) is 28.7 Å². The van der Waals surface area contributed by atoms with Gasteiger partial charge in [0.05, 0.1) is 6.54 Å². The maximum atomic E-state index is 14.3. The molecule has 0 saturated heterocycles. The lowest BCUT2D eigenvalue weighted by atomic mass is 10.1. The Balaban J connectivity index is 1.72. The topological polar surface area (TPSA) is 148 Å². The van der Waals surface area contributed by atoms with Crippen molar-refractivity contribution in [2.75, 3.05) is 20.6 Å². The van der Waals surface area contributed by atoms with Crippen LogP contribution in [0.15, 0.2) is 59.1 Å². The standard InChI is InChI=1S/C24H32FN9O2S/c1-15(2)11-13-34(37(35,36)32(3)4)20-21(26)29-23(30-22(20)27)19-17-9-7-12-28-24(17)33(31-19)14-16-8-5-6-10-18(16)25/h5-10,12,15,23,29H,11,13-14,26H2,1-4H3,(H2,27,30). The average molecular weight is 530 g/mol. The van der Waals surface area contributed by atoms with Crippen LogP contribution in [0.1, 0.15) is 37.7 Å². The first-order valence-electron chi connectivity index (χ1n) is 11.9. The number of pyridine rings is 1. The van der Waals surface area contributed by atoms with Crippen LogP contribution in [0.5, 0.6) is 0 Å². The third-order valence-electron chi connectivity index (χ3n) is 6.03. The number of nitrogens with zero attached hydrogens (tertiary/aromatic N) is 6. The lowest BCUT2D eigenvalue weighted by Gasteiger charge is -2.33. The Morgan fingerprint density at radius 3 is 2.54 bits per heavy atom. The zero-order chi connectivity index (χ0) is 26.9. The van der Waals surface area contributed by atoms with E-state index < -0.39 is 16.4 Å². The van der Waals surface area contributed by atoms with Crippen molar-refractivity contribution in [3.8, 4) is 0 Å². The fourth-order valence-electron chi connectivity index (χ4n) is 4.03. The molecule has 0 fully saturated rings. The van der Waals surface area contributed by atoms with Crippen LogP contribution in [0.4, 0.5) is 4.39 Å². The van der Waals surface area contributed by atoms with E-state index in [0.717, 1.165) is 4.31 Å². The van der Waals surface area contributed by atoms with E-state index in [2.05, 4.69) is 20.4 Å². The molecule has 11 nitrogen and oxygen atoms in total. The number of nitrogens with two attached hydrogens (primary N) is 2. The molecule has 1 atom stereocenters. The summed E-state index contributed by atoms with van der Waals surface area (Å²) < 4.78 is 44.5. The zero-order valence-electron chi connectivity index (χ0n) is 21.3. The summed E-state index contributed by atoms with van der Waals surface area (Å²) in [5, 5.41) is 8.41. The number of benzene rings is 1. The highest BCUT2D eigenvalue weighted by atomic mass is 32.2. The van der Waals surface area contributed by atoms with Gasteiger partial charge in [-0.15, -0.1) is 0 Å². The third-order valence-corrected chi connectivity index (χ3v) is 7.87. The first-order valence-corrected chi connectivity index (χ1v) is 13.2. The van der Waals surface area contributed by atoms with Crippen LogP contribution in [0.3, 0.4) is 0 Å². The fourth-order valence-corrected chi connectivity index (χ4v) is 5.18. The van der Waals surface area contributed by atoms with Crippen molar-refractivity contribution in [3.05, 3.63) is 71.2 Å². The molecule has 2 aromatic heterocycles. The molecule has 0 bridgehead atoms. The second-order valence-corrected chi connectivity index (χ2v) is 11.4. The van der Waals surface area contributed by atoms with Gasteiger partial charge in [-0.1, -0.05) is 32.0 Å². The van der Waals surface area contributed by atoms with Crippen LogP contribution in [0, 0.1) is 11.7 Å². The van der Waals surface area contributed by atoms with E-state index >= 15 is 0 Å². The second kappa shape index (κ2) is 10.3. The predicted molar refractivity (Wildman–Crippen MR) is 141 cm³/mol. The SMILES string of the molecule is CC(C)CCN(C1=C(N)NC(c2nn(Cc3ccccc3F)c3ncccc23)N=C1N)S(=O)(=O)N(C)C. The molecule has 1 aliphatic heterocycles. The molecule has 0 spiro atoms. The monoisotopic (exact) mass is 529 g/mol. The highest BCUT2D eigenvalue weighted by molar-refractivity contribution is 7.86. The Morgan fingerprint density at radius 2 is 1.89 bits per heavy atom. The maximum absolute atomic E-state index is 14.3. The fraction of sp³-hybridized carbons (Fsp3) is 0.375. The Labute approximate surface area is 215 Å². The smallest absolute Gasteiger partial charge is 0.303 e. The third kappa shape index (κ3) is 5.23. The normalized spacial score (nSPS) is 16.4. The van der Waals surface area contributed by atoms with E-state index in [9.17, 15) is 12.8 Å². The molecule has 4 rings (SSSR count). The molecule has 0 radical (unpaired) electrons. The van der Waals surface area contributed by atoms with Crippen molar-refractivity contribution in [3.63, 3.8) is 0 Å². The number of hydrogen-bond donors (Lipinski definition) is 3. The summed E-state index contributed by atoms with van der Waals surface area (Å²) >= 11 is 0. The Hall–Kier alpha value is -3.71. The van der Waals surface area contributed by atoms with Crippen LogP contribution < -0.4 is 16.8 Å². The van der Waals surface area contributed by atoms with Gasteiger partial charge in [0.2, 0.25) is 0 Å². The van der Waals surface area contributed by atoms with Gasteiger partial charge in [-0.3, -0.25) is 4.31 Å². The Kier molecular flexibility index (Phi) is 7.37. The van der Waals surface area contributed by atoms with Crippen molar-refractivity contribution in [2.45, 2.75) is 33.0 Å². The molecule has 3 aromatic rings. The molecule has 1 aliphatic rings. The summed E-state index contributed by atoms with van der Waals surface area (Å²) in [5.74, 6) is -0.0629. The molecule has 1 aromatic carbocycles. The van der Waals surface area contributed by atoms with E-state index in [1.54, 1.807) is 35.1 Å². The first kappa shape index (κ1) is 26.4. The second-order valence-electron chi connectivity index (χ2n) is 9.38. The van der Waals surface area contributed by atoms with Crippen LogP contribution in [0.2, 0.25) is 0 Å². The van der Waals surface area contributed by atoms with E-state index in [4.69, 9.17) is 11.5 Å². The van der Waals surface area contributed by atoms with Crippen molar-refractivity contribution in [2.24, 2.45) is 22.4 Å². The zero-order valence-corrected chi connectivity index (χ0v) is 22.1. The minimum atomic E-state index is -3.89. The van der Waals surface area contributed by atoms with Crippen LogP contribution in [0.25, 0.3) is 11.0 Å². The Morgan fingerprint density at radius 1 is 1.16 bits per heavy atom. The molecular formula is C24H32FN9O2S. The minimum Gasteiger partial charge on any atom is -0.384 e. The summed E-state index contributed by atoms with van der Waals surface area (Å²) in [5.41, 5.74) is 14.3. The molecule has 5 N–H and O–H groups in total. The summed E-state index contributed by atoms with van der Waals surface area (Å²) in [6, 6.07) is 10.1. The van der Waals surface area contributed by atoms with E-state index in [0.29, 0.717) is 28.7 Å². The number of halogens is 1. The first-order chi connectivity index (χ1) is 17.5. The molecule has 0 amide bonds. The lowest BCUT2D eigenvalue weighted by molar-refractivity contribution is 0.397. The quantitative estimate of drug-likeness (QED) is 0.383. The Bertz CT molecular complexity index is 1460. The van der Waals surface area contributed by atoms with E-state index in [1.807, 2.05) is 19.9 Å². The van der Waals surface area contributed by atoms with Crippen molar-refractivity contribution < 1.29 is 12.8 Å². The van der Waals surface area contributed by atoms with E-state index in [-0.39, 0.29) is 42.2 Å². The van der Waals surface area contributed by atoms with Crippen molar-refractivity contribution in [1.29, 1.82) is 0 Å². The van der Waals surface area contributed by atoms with Gasteiger partial charge in [-0.25, -0.2) is 19.0 Å². The highest BCUT2D eigenvalue weighted by Gasteiger charge is 2.34. The molecule has 198 valence electrons. The van der Waals surface area contributed by atoms with E-state index in [1.165, 1.54) is 24.5 Å². The maximum Gasteiger partial charge on any atom is 0.303 e. The largest absolute Gasteiger partial charge is 0.384 e. The van der Waals surface area contributed by atoms with Gasteiger partial charge in [0, 0.05) is 37.8 Å². The predicted octanol–water partition coefficient (Wildman–Crippen LogP) is 1.86. The molecule has 37 heavy (non-hydrogen) atoms. The molecule has 13 heteroatoms. The number of amidine groups is 1. The minimum absolute atomic E-state index is 0.0314. The molecule has 0 saturated carbocycles. The van der Waals surface area contributed by atoms with Gasteiger partial charge in [-0.2, -0.15) is 17.8 Å². The number of hydrogen-bond acceptors (Lipinski definition) is 8. The van der Waals surface area contributed by atoms with Gasteiger partial charge in [0.15, 0.2) is 11.8 Å². The summed E-state index contributed by atoms with van der Waals surface area (Å²) in [7, 11) is -0.996. The summed E-state index contributed by atoms with van der Waals surface area (Å²) in [4.78, 5) is 8.97. The van der Waals surface area contributed by atoms with Crippen LogP contribution in [-0.2, 0) is 16.8 Å². The highest BCUT2D eigenvalue weighted by Crippen LogP contribution is 2.29. The number of rotatable bonds is 9. The summed E-state index contributed by atoms with van der Waals surface area (Å²) in [6.45, 7) is 4.34. The number of aromatic nitrogens is 3. The van der Waals surface area contributed by atoms with Crippen LogP contribution in [-0.4, -0.2) is 58.3 Å². The number of aliphatic imine (C=N–C) groups is 1. The molecule has 3 heterocycles. The lowest BCUT2D eigenvalue weighted by Crippen LogP contribution is -2.48. The van der Waals surface area contributed by atoms with Gasteiger partial charge in [0.25, 0.3) is 0 Å². The summed E-state index contributed by atoms with van der Waals surface area (Å²) in [6.07, 6.45) is 1.42. The van der Waals surface area contributed by atoms with Crippen molar-refractivity contribution >= 4 is 27.1 Å². The molecular weight excluding hydrogens is 497 g/mol. The van der Waals surface area contributed by atoms with Crippen LogP contribution >= 0.6 is 0 Å². The average Bonchev–Trinajstić information content (AvgIpc) is 3.20. The molecule has 0 aliphatic carbocycles.